The van der Waals surface area contributed by atoms with E-state index in [0.29, 0.717) is 6.54 Å². The van der Waals surface area contributed by atoms with Gasteiger partial charge in [-0.3, -0.25) is 5.10 Å². The van der Waals surface area contributed by atoms with Crippen molar-refractivity contribution < 1.29 is 4.79 Å². The minimum absolute atomic E-state index is 0.0437. The summed E-state index contributed by atoms with van der Waals surface area (Å²) >= 11 is 0. The van der Waals surface area contributed by atoms with Crippen LogP contribution in [-0.4, -0.2) is 58.2 Å². The quantitative estimate of drug-likeness (QED) is 0.809. The van der Waals surface area contributed by atoms with Crippen LogP contribution in [0, 0.1) is 0 Å². The minimum Gasteiger partial charge on any atom is -0.336 e. The van der Waals surface area contributed by atoms with Crippen molar-refractivity contribution in [1.82, 2.24) is 25.3 Å². The molecule has 0 spiro atoms. The van der Waals surface area contributed by atoms with E-state index in [2.05, 4.69) is 41.2 Å². The first kappa shape index (κ1) is 16.8. The zero-order chi connectivity index (χ0) is 15.9. The van der Waals surface area contributed by atoms with Gasteiger partial charge in [0, 0.05) is 30.3 Å². The minimum atomic E-state index is 0.0437. The lowest BCUT2D eigenvalue weighted by molar-refractivity contribution is 0.187. The maximum Gasteiger partial charge on any atom is 0.317 e. The van der Waals surface area contributed by atoms with E-state index in [-0.39, 0.29) is 12.1 Å². The molecule has 0 unspecified atom stereocenters. The van der Waals surface area contributed by atoms with Gasteiger partial charge in [-0.05, 0) is 39.4 Å². The van der Waals surface area contributed by atoms with E-state index < -0.39 is 0 Å². The van der Waals surface area contributed by atoms with Crippen LogP contribution in [0.25, 0.3) is 0 Å². The number of hydrogen-bond donors (Lipinski definition) is 2. The molecule has 0 aromatic carbocycles. The molecule has 2 amide bonds. The Balaban J connectivity index is 1.70. The van der Waals surface area contributed by atoms with Gasteiger partial charge >= 0.3 is 6.03 Å². The van der Waals surface area contributed by atoms with E-state index in [1.54, 1.807) is 0 Å². The van der Waals surface area contributed by atoms with Gasteiger partial charge in [-0.1, -0.05) is 13.8 Å². The van der Waals surface area contributed by atoms with Crippen molar-refractivity contribution in [1.29, 1.82) is 0 Å². The van der Waals surface area contributed by atoms with Crippen molar-refractivity contribution in [3.63, 3.8) is 0 Å². The molecule has 1 aromatic rings. The second-order valence-electron chi connectivity index (χ2n) is 6.06. The Bertz CT molecular complexity index is 469. The first-order valence-electron chi connectivity index (χ1n) is 8.42. The number of amides is 2. The molecule has 0 saturated heterocycles. The molecule has 0 bridgehead atoms. The van der Waals surface area contributed by atoms with Crippen LogP contribution in [0.5, 0.6) is 0 Å². The molecule has 1 aliphatic rings. The number of carbonyl (C=O) groups is 1. The van der Waals surface area contributed by atoms with Crippen LogP contribution in [0.15, 0.2) is 6.20 Å². The second-order valence-corrected chi connectivity index (χ2v) is 6.06. The number of aromatic amines is 1. The fourth-order valence-electron chi connectivity index (χ4n) is 2.93. The Labute approximate surface area is 133 Å². The maximum absolute atomic E-state index is 12.3. The highest BCUT2D eigenvalue weighted by molar-refractivity contribution is 5.74. The fraction of sp³-hybridized carbons (Fsp3) is 0.750. The highest BCUT2D eigenvalue weighted by atomic mass is 16.2. The topological polar surface area (TPSA) is 64.3 Å². The molecule has 1 aromatic heterocycles. The molecule has 6 heteroatoms. The van der Waals surface area contributed by atoms with Gasteiger partial charge in [-0.2, -0.15) is 5.10 Å². The summed E-state index contributed by atoms with van der Waals surface area (Å²) in [5.74, 6) is 0. The predicted octanol–water partition coefficient (Wildman–Crippen LogP) is 1.99. The normalized spacial score (nSPS) is 15.7. The molecular formula is C16H29N5O. The summed E-state index contributed by atoms with van der Waals surface area (Å²) in [5.41, 5.74) is 2.30. The molecule has 124 valence electrons. The van der Waals surface area contributed by atoms with Gasteiger partial charge < -0.3 is 15.1 Å². The summed E-state index contributed by atoms with van der Waals surface area (Å²) in [4.78, 5) is 16.6. The van der Waals surface area contributed by atoms with E-state index in [4.69, 9.17) is 0 Å². The molecule has 0 fully saturated rings. The zero-order valence-electron chi connectivity index (χ0n) is 14.1. The molecular weight excluding hydrogens is 278 g/mol. The van der Waals surface area contributed by atoms with E-state index >= 15 is 0 Å². The average Bonchev–Trinajstić information content (AvgIpc) is 2.99. The monoisotopic (exact) mass is 307 g/mol. The van der Waals surface area contributed by atoms with Crippen LogP contribution in [0.2, 0.25) is 0 Å². The van der Waals surface area contributed by atoms with E-state index in [0.717, 1.165) is 56.7 Å². The van der Waals surface area contributed by atoms with Gasteiger partial charge in [0.2, 0.25) is 0 Å². The van der Waals surface area contributed by atoms with Crippen LogP contribution < -0.4 is 5.32 Å². The number of H-pyrrole nitrogens is 1. The third kappa shape index (κ3) is 4.47. The summed E-state index contributed by atoms with van der Waals surface area (Å²) in [6.45, 7) is 11.2. The third-order valence-electron chi connectivity index (χ3n) is 4.46. The number of carbonyl (C=O) groups excluding carboxylic acids is 1. The average molecular weight is 307 g/mol. The number of nitrogens with zero attached hydrogens (tertiary/aromatic N) is 3. The Kier molecular flexibility index (Phi) is 6.24. The van der Waals surface area contributed by atoms with E-state index in [9.17, 15) is 4.79 Å². The number of urea groups is 1. The Morgan fingerprint density at radius 2 is 2.27 bits per heavy atom. The molecule has 0 aliphatic carbocycles. The van der Waals surface area contributed by atoms with Crippen molar-refractivity contribution >= 4 is 6.03 Å². The molecule has 2 heterocycles. The van der Waals surface area contributed by atoms with E-state index in [1.165, 1.54) is 0 Å². The van der Waals surface area contributed by atoms with Crippen molar-refractivity contribution in [3.8, 4) is 0 Å². The number of hydrogen-bond acceptors (Lipinski definition) is 3. The summed E-state index contributed by atoms with van der Waals surface area (Å²) in [6, 6.07) is 0.260. The van der Waals surface area contributed by atoms with Crippen molar-refractivity contribution in [2.45, 2.75) is 52.6 Å². The number of aromatic nitrogens is 2. The first-order chi connectivity index (χ1) is 10.6. The van der Waals surface area contributed by atoms with Crippen LogP contribution in [0.3, 0.4) is 0 Å². The second kappa shape index (κ2) is 8.17. The summed E-state index contributed by atoms with van der Waals surface area (Å²) < 4.78 is 0. The van der Waals surface area contributed by atoms with Crippen LogP contribution in [0.1, 0.15) is 44.9 Å². The molecule has 1 atom stereocenters. The van der Waals surface area contributed by atoms with Gasteiger partial charge in [-0.25, -0.2) is 4.79 Å². The fourth-order valence-corrected chi connectivity index (χ4v) is 2.93. The highest BCUT2D eigenvalue weighted by Crippen LogP contribution is 2.16. The Hall–Kier alpha value is -1.56. The lowest BCUT2D eigenvalue weighted by Crippen LogP contribution is -2.45. The largest absolute Gasteiger partial charge is 0.336 e. The van der Waals surface area contributed by atoms with Gasteiger partial charge in [0.05, 0.1) is 12.7 Å². The highest BCUT2D eigenvalue weighted by Gasteiger charge is 2.22. The predicted molar refractivity (Wildman–Crippen MR) is 87.7 cm³/mol. The van der Waals surface area contributed by atoms with Gasteiger partial charge in [0.25, 0.3) is 0 Å². The van der Waals surface area contributed by atoms with Crippen molar-refractivity contribution in [3.05, 3.63) is 17.5 Å². The molecule has 0 saturated carbocycles. The van der Waals surface area contributed by atoms with Crippen LogP contribution >= 0.6 is 0 Å². The van der Waals surface area contributed by atoms with Gasteiger partial charge in [-0.15, -0.1) is 0 Å². The van der Waals surface area contributed by atoms with Crippen LogP contribution in [-0.2, 0) is 13.0 Å². The number of nitrogens with one attached hydrogen (secondary N) is 2. The molecule has 1 aliphatic heterocycles. The summed E-state index contributed by atoms with van der Waals surface area (Å²) in [7, 11) is 0. The molecule has 22 heavy (non-hydrogen) atoms. The zero-order valence-corrected chi connectivity index (χ0v) is 14.1. The lowest BCUT2D eigenvalue weighted by Gasteiger charge is -2.28. The first-order valence-corrected chi connectivity index (χ1v) is 8.42. The summed E-state index contributed by atoms with van der Waals surface area (Å²) in [6.07, 6.45) is 4.82. The van der Waals surface area contributed by atoms with Crippen LogP contribution in [0.4, 0.5) is 4.79 Å². The van der Waals surface area contributed by atoms with Crippen molar-refractivity contribution in [2.24, 2.45) is 0 Å². The molecule has 2 N–H and O–H groups in total. The number of fused-ring (bicyclic) bond motifs is 1. The van der Waals surface area contributed by atoms with Gasteiger partial charge in [0.15, 0.2) is 0 Å². The Morgan fingerprint density at radius 3 is 3.00 bits per heavy atom. The molecule has 2 rings (SSSR count). The maximum atomic E-state index is 12.3. The Morgan fingerprint density at radius 1 is 1.50 bits per heavy atom. The summed E-state index contributed by atoms with van der Waals surface area (Å²) in [5, 5.41) is 10.2. The smallest absolute Gasteiger partial charge is 0.317 e. The molecule has 0 radical (unpaired) electrons. The standard InChI is InChI=1S/C16H29N5O/c1-4-20(5-2)9-6-7-13(3)18-16(22)21-10-8-15-14(12-21)11-17-19-15/h11,13H,4-10,12H2,1-3H3,(H,17,19)(H,18,22)/t13-/m1/s1. The van der Waals surface area contributed by atoms with Crippen molar-refractivity contribution in [2.75, 3.05) is 26.2 Å². The van der Waals surface area contributed by atoms with Gasteiger partial charge in [0.1, 0.15) is 0 Å². The third-order valence-corrected chi connectivity index (χ3v) is 4.46. The SMILES string of the molecule is CCN(CC)CCC[C@@H](C)NC(=O)N1CCc2[nH]ncc2C1. The molecule has 6 nitrogen and oxygen atoms in total. The lowest BCUT2D eigenvalue weighted by atomic mass is 10.1. The van der Waals surface area contributed by atoms with E-state index in [1.807, 2.05) is 11.1 Å². The number of rotatable bonds is 7.